The molecule has 2 bridgehead atoms. The highest BCUT2D eigenvalue weighted by Gasteiger charge is 2.63. The molecule has 0 heteroatoms. The van der Waals surface area contributed by atoms with Crippen molar-refractivity contribution in [3.63, 3.8) is 0 Å². The van der Waals surface area contributed by atoms with E-state index in [1.54, 1.807) is 0 Å². The van der Waals surface area contributed by atoms with Crippen LogP contribution in [0, 0.1) is 28.1 Å². The minimum absolute atomic E-state index is 0.455. The van der Waals surface area contributed by atoms with Gasteiger partial charge in [-0.25, -0.2) is 0 Å². The van der Waals surface area contributed by atoms with Gasteiger partial charge >= 0.3 is 0 Å². The van der Waals surface area contributed by atoms with Crippen LogP contribution in [0.15, 0.2) is 0 Å². The fourth-order valence-electron chi connectivity index (χ4n) is 4.69. The molecule has 0 aromatic carbocycles. The van der Waals surface area contributed by atoms with Gasteiger partial charge in [-0.05, 0) is 47.3 Å². The Morgan fingerprint density at radius 1 is 0.929 bits per heavy atom. The third-order valence-corrected chi connectivity index (χ3v) is 6.17. The van der Waals surface area contributed by atoms with E-state index < -0.39 is 0 Å². The second-order valence-electron chi connectivity index (χ2n) is 7.38. The molecular weight excluding hydrogens is 168 g/mol. The summed E-state index contributed by atoms with van der Waals surface area (Å²) < 4.78 is 0. The van der Waals surface area contributed by atoms with Crippen molar-refractivity contribution in [3.05, 3.63) is 0 Å². The van der Waals surface area contributed by atoms with Crippen molar-refractivity contribution in [1.29, 1.82) is 0 Å². The highest BCUT2D eigenvalue weighted by atomic mass is 14.7. The minimum atomic E-state index is 0.455. The Labute approximate surface area is 89.5 Å². The minimum Gasteiger partial charge on any atom is -0.0596 e. The molecule has 0 aromatic heterocycles. The monoisotopic (exact) mass is 194 g/mol. The standard InChI is InChI=1S/C14H26/c1-12(2,3)14(6)11-8-7-10(9-11)13(14,4)5/h10-11H,7-9H2,1-6H3. The molecule has 0 heterocycles. The van der Waals surface area contributed by atoms with Gasteiger partial charge in [0.25, 0.3) is 0 Å². The van der Waals surface area contributed by atoms with Crippen LogP contribution in [-0.2, 0) is 0 Å². The van der Waals surface area contributed by atoms with Crippen molar-refractivity contribution in [2.45, 2.75) is 60.8 Å². The van der Waals surface area contributed by atoms with Crippen molar-refractivity contribution in [3.8, 4) is 0 Å². The van der Waals surface area contributed by atoms with Gasteiger partial charge in [-0.3, -0.25) is 0 Å². The van der Waals surface area contributed by atoms with Crippen LogP contribution in [0.5, 0.6) is 0 Å². The Kier molecular flexibility index (Phi) is 1.93. The topological polar surface area (TPSA) is 0 Å². The Hall–Kier alpha value is 0. The number of hydrogen-bond donors (Lipinski definition) is 0. The van der Waals surface area contributed by atoms with Gasteiger partial charge in [0, 0.05) is 0 Å². The Morgan fingerprint density at radius 2 is 1.43 bits per heavy atom. The van der Waals surface area contributed by atoms with Crippen molar-refractivity contribution < 1.29 is 0 Å². The van der Waals surface area contributed by atoms with E-state index in [0.717, 1.165) is 11.8 Å². The summed E-state index contributed by atoms with van der Waals surface area (Å²) in [7, 11) is 0. The van der Waals surface area contributed by atoms with E-state index in [1.807, 2.05) is 0 Å². The average Bonchev–Trinajstić information content (AvgIpc) is 2.52. The summed E-state index contributed by atoms with van der Waals surface area (Å²) in [5.41, 5.74) is 1.55. The molecule has 82 valence electrons. The highest BCUT2D eigenvalue weighted by Crippen LogP contribution is 2.71. The van der Waals surface area contributed by atoms with Crippen molar-refractivity contribution in [2.75, 3.05) is 0 Å². The van der Waals surface area contributed by atoms with Gasteiger partial charge in [0.1, 0.15) is 0 Å². The molecular formula is C14H26. The molecule has 3 atom stereocenters. The lowest BCUT2D eigenvalue weighted by Gasteiger charge is -2.55. The summed E-state index contributed by atoms with van der Waals surface area (Å²) in [5, 5.41) is 0. The first kappa shape index (κ1) is 10.5. The number of hydrogen-bond acceptors (Lipinski definition) is 0. The molecule has 2 saturated carbocycles. The largest absolute Gasteiger partial charge is 0.0596 e. The molecule has 2 aliphatic carbocycles. The maximum atomic E-state index is 2.55. The molecule has 0 radical (unpaired) electrons. The maximum absolute atomic E-state index is 2.55. The summed E-state index contributed by atoms with van der Waals surface area (Å²) in [6.07, 6.45) is 4.48. The SMILES string of the molecule is CC(C)(C)C1(C)C2CCC(C2)C1(C)C. The molecule has 3 unspecified atom stereocenters. The van der Waals surface area contributed by atoms with Gasteiger partial charge in [0.2, 0.25) is 0 Å². The fraction of sp³-hybridized carbons (Fsp3) is 1.00. The first-order valence-corrected chi connectivity index (χ1v) is 6.21. The third-order valence-electron chi connectivity index (χ3n) is 6.17. The van der Waals surface area contributed by atoms with Crippen LogP contribution in [0.2, 0.25) is 0 Å². The molecule has 0 nitrogen and oxygen atoms in total. The van der Waals surface area contributed by atoms with Crippen molar-refractivity contribution in [1.82, 2.24) is 0 Å². The quantitative estimate of drug-likeness (QED) is 0.533. The van der Waals surface area contributed by atoms with E-state index >= 15 is 0 Å². The molecule has 0 spiro atoms. The van der Waals surface area contributed by atoms with Crippen LogP contribution in [0.4, 0.5) is 0 Å². The summed E-state index contributed by atoms with van der Waals surface area (Å²) in [4.78, 5) is 0. The van der Waals surface area contributed by atoms with Gasteiger partial charge in [-0.1, -0.05) is 41.5 Å². The summed E-state index contributed by atoms with van der Waals surface area (Å²) in [6.45, 7) is 14.9. The first-order chi connectivity index (χ1) is 6.21. The molecule has 0 amide bonds. The maximum Gasteiger partial charge on any atom is -0.0195 e. The van der Waals surface area contributed by atoms with Gasteiger partial charge in [0.15, 0.2) is 0 Å². The van der Waals surface area contributed by atoms with Crippen LogP contribution in [0.1, 0.15) is 60.8 Å². The van der Waals surface area contributed by atoms with Gasteiger partial charge < -0.3 is 0 Å². The summed E-state index contributed by atoms with van der Waals surface area (Å²) in [5.74, 6) is 1.99. The van der Waals surface area contributed by atoms with Crippen molar-refractivity contribution in [2.24, 2.45) is 28.1 Å². The smallest absolute Gasteiger partial charge is 0.0195 e. The lowest BCUT2D eigenvalue weighted by molar-refractivity contribution is -0.0717. The predicted molar refractivity (Wildman–Crippen MR) is 62.2 cm³/mol. The third kappa shape index (κ3) is 0.955. The van der Waals surface area contributed by atoms with E-state index in [2.05, 4.69) is 41.5 Å². The second-order valence-corrected chi connectivity index (χ2v) is 7.38. The Morgan fingerprint density at radius 3 is 1.71 bits per heavy atom. The summed E-state index contributed by atoms with van der Waals surface area (Å²) >= 11 is 0. The van der Waals surface area contributed by atoms with E-state index in [-0.39, 0.29) is 0 Å². The van der Waals surface area contributed by atoms with E-state index in [9.17, 15) is 0 Å². The molecule has 0 saturated heterocycles. The molecule has 2 fully saturated rings. The van der Waals surface area contributed by atoms with Crippen LogP contribution in [0.3, 0.4) is 0 Å². The predicted octanol–water partition coefficient (Wildman–Crippen LogP) is 4.49. The molecule has 0 N–H and O–H groups in total. The lowest BCUT2D eigenvalue weighted by atomic mass is 9.49. The number of rotatable bonds is 0. The Balaban J connectivity index is 2.44. The van der Waals surface area contributed by atoms with Crippen LogP contribution in [0.25, 0.3) is 0 Å². The number of fused-ring (bicyclic) bond motifs is 2. The van der Waals surface area contributed by atoms with Gasteiger partial charge in [-0.2, -0.15) is 0 Å². The molecule has 14 heavy (non-hydrogen) atoms. The Bertz CT molecular complexity index is 243. The van der Waals surface area contributed by atoms with Gasteiger partial charge in [0.05, 0.1) is 0 Å². The zero-order valence-corrected chi connectivity index (χ0v) is 10.8. The fourth-order valence-corrected chi connectivity index (χ4v) is 4.69. The molecule has 2 aliphatic rings. The van der Waals surface area contributed by atoms with Crippen molar-refractivity contribution >= 4 is 0 Å². The van der Waals surface area contributed by atoms with Crippen LogP contribution in [-0.4, -0.2) is 0 Å². The second kappa shape index (κ2) is 2.57. The molecule has 0 aromatic rings. The molecule has 0 aliphatic heterocycles. The highest BCUT2D eigenvalue weighted by molar-refractivity contribution is 5.12. The average molecular weight is 194 g/mol. The van der Waals surface area contributed by atoms with E-state index in [1.165, 1.54) is 19.3 Å². The summed E-state index contributed by atoms with van der Waals surface area (Å²) in [6, 6.07) is 0. The lowest BCUT2D eigenvalue weighted by Crippen LogP contribution is -2.49. The normalized spacial score (nSPS) is 45.9. The molecule has 2 rings (SSSR count). The van der Waals surface area contributed by atoms with E-state index in [0.29, 0.717) is 16.2 Å². The van der Waals surface area contributed by atoms with Gasteiger partial charge in [-0.15, -0.1) is 0 Å². The van der Waals surface area contributed by atoms with Crippen LogP contribution < -0.4 is 0 Å². The first-order valence-electron chi connectivity index (χ1n) is 6.21. The zero-order chi connectivity index (χ0) is 10.8. The zero-order valence-electron chi connectivity index (χ0n) is 10.8. The van der Waals surface area contributed by atoms with E-state index in [4.69, 9.17) is 0 Å². The van der Waals surface area contributed by atoms with Crippen LogP contribution >= 0.6 is 0 Å².